The zero-order valence-electron chi connectivity index (χ0n) is 14.0. The molecule has 130 valence electrons. The van der Waals surface area contributed by atoms with Crippen LogP contribution in [0.2, 0.25) is 0 Å². The lowest BCUT2D eigenvalue weighted by atomic mass is 9.96. The first-order valence-electron chi connectivity index (χ1n) is 8.13. The standard InChI is InChI=1S/C17H27N3O2.HI/c1-3-18-17(20-14-7-5-4-6-8-14)19-12-13-9-10-16(22-2)15(21)11-13;/h9-11,14,21H,3-8,12H2,1-2H3,(H2,18,19,20);1H. The van der Waals surface area contributed by atoms with Crippen molar-refractivity contribution in [1.82, 2.24) is 10.6 Å². The Morgan fingerprint density at radius 3 is 2.65 bits per heavy atom. The normalized spacial score (nSPS) is 15.7. The molecular formula is C17H28IN3O2. The van der Waals surface area contributed by atoms with Gasteiger partial charge in [-0.25, -0.2) is 4.99 Å². The van der Waals surface area contributed by atoms with Gasteiger partial charge in [0.2, 0.25) is 0 Å². The van der Waals surface area contributed by atoms with Crippen LogP contribution < -0.4 is 15.4 Å². The topological polar surface area (TPSA) is 65.9 Å². The Morgan fingerprint density at radius 1 is 1.30 bits per heavy atom. The average molecular weight is 433 g/mol. The number of rotatable bonds is 5. The molecule has 0 atom stereocenters. The highest BCUT2D eigenvalue weighted by Crippen LogP contribution is 2.26. The van der Waals surface area contributed by atoms with Gasteiger partial charge in [-0.05, 0) is 37.5 Å². The Bertz CT molecular complexity index is 503. The molecule has 0 heterocycles. The quantitative estimate of drug-likeness (QED) is 0.378. The van der Waals surface area contributed by atoms with Crippen LogP contribution in [0.25, 0.3) is 0 Å². The van der Waals surface area contributed by atoms with Gasteiger partial charge in [0.15, 0.2) is 17.5 Å². The summed E-state index contributed by atoms with van der Waals surface area (Å²) in [5.41, 5.74) is 0.958. The molecule has 23 heavy (non-hydrogen) atoms. The molecule has 1 saturated carbocycles. The fourth-order valence-electron chi connectivity index (χ4n) is 2.76. The van der Waals surface area contributed by atoms with E-state index in [4.69, 9.17) is 4.74 Å². The lowest BCUT2D eigenvalue weighted by Gasteiger charge is -2.24. The van der Waals surface area contributed by atoms with E-state index in [1.54, 1.807) is 19.2 Å². The molecule has 5 nitrogen and oxygen atoms in total. The molecule has 1 aliphatic carbocycles. The summed E-state index contributed by atoms with van der Waals surface area (Å²) in [7, 11) is 1.55. The largest absolute Gasteiger partial charge is 0.504 e. The van der Waals surface area contributed by atoms with E-state index < -0.39 is 0 Å². The number of nitrogens with zero attached hydrogens (tertiary/aromatic N) is 1. The van der Waals surface area contributed by atoms with Gasteiger partial charge in [0, 0.05) is 12.6 Å². The van der Waals surface area contributed by atoms with E-state index in [2.05, 4.69) is 22.5 Å². The highest BCUT2D eigenvalue weighted by Gasteiger charge is 2.14. The van der Waals surface area contributed by atoms with Gasteiger partial charge >= 0.3 is 0 Å². The summed E-state index contributed by atoms with van der Waals surface area (Å²) in [4.78, 5) is 4.62. The smallest absolute Gasteiger partial charge is 0.191 e. The van der Waals surface area contributed by atoms with Crippen molar-refractivity contribution in [3.8, 4) is 11.5 Å². The molecule has 1 fully saturated rings. The predicted molar refractivity (Wildman–Crippen MR) is 105 cm³/mol. The highest BCUT2D eigenvalue weighted by molar-refractivity contribution is 14.0. The van der Waals surface area contributed by atoms with Crippen LogP contribution in [0.4, 0.5) is 0 Å². The van der Waals surface area contributed by atoms with Crippen LogP contribution in [-0.2, 0) is 6.54 Å². The minimum Gasteiger partial charge on any atom is -0.504 e. The number of phenolic OH excluding ortho intramolecular Hbond substituents is 1. The van der Waals surface area contributed by atoms with Gasteiger partial charge in [0.25, 0.3) is 0 Å². The lowest BCUT2D eigenvalue weighted by Crippen LogP contribution is -2.44. The van der Waals surface area contributed by atoms with Crippen LogP contribution in [0.15, 0.2) is 23.2 Å². The first-order chi connectivity index (χ1) is 10.7. The van der Waals surface area contributed by atoms with Crippen molar-refractivity contribution < 1.29 is 9.84 Å². The summed E-state index contributed by atoms with van der Waals surface area (Å²) in [5.74, 6) is 1.49. The second-order valence-corrected chi connectivity index (χ2v) is 5.68. The SMILES string of the molecule is CCNC(=NCc1ccc(OC)c(O)c1)NC1CCCCC1.I. The van der Waals surface area contributed by atoms with E-state index in [9.17, 15) is 5.11 Å². The van der Waals surface area contributed by atoms with E-state index in [0.29, 0.717) is 18.3 Å². The fraction of sp³-hybridized carbons (Fsp3) is 0.588. The Balaban J connectivity index is 0.00000264. The zero-order valence-corrected chi connectivity index (χ0v) is 16.3. The molecule has 0 saturated heterocycles. The number of nitrogens with one attached hydrogen (secondary N) is 2. The maximum absolute atomic E-state index is 9.82. The third-order valence-electron chi connectivity index (χ3n) is 3.95. The molecule has 0 amide bonds. The van der Waals surface area contributed by atoms with Crippen LogP contribution >= 0.6 is 24.0 Å². The molecule has 6 heteroatoms. The van der Waals surface area contributed by atoms with Gasteiger partial charge in [-0.2, -0.15) is 0 Å². The molecule has 0 spiro atoms. The lowest BCUT2D eigenvalue weighted by molar-refractivity contribution is 0.373. The third-order valence-corrected chi connectivity index (χ3v) is 3.95. The number of methoxy groups -OCH3 is 1. The molecule has 0 radical (unpaired) electrons. The number of phenols is 1. The number of guanidine groups is 1. The molecule has 2 rings (SSSR count). The summed E-state index contributed by atoms with van der Waals surface area (Å²) in [6.45, 7) is 3.43. The van der Waals surface area contributed by atoms with Crippen molar-refractivity contribution in [1.29, 1.82) is 0 Å². The molecular weight excluding hydrogens is 405 g/mol. The molecule has 1 aliphatic rings. The van der Waals surface area contributed by atoms with E-state index in [0.717, 1.165) is 18.1 Å². The van der Waals surface area contributed by atoms with Crippen molar-refractivity contribution in [2.45, 2.75) is 51.6 Å². The minimum atomic E-state index is 0. The van der Waals surface area contributed by atoms with Crippen LogP contribution in [-0.4, -0.2) is 30.8 Å². The highest BCUT2D eigenvalue weighted by atomic mass is 127. The van der Waals surface area contributed by atoms with Crippen LogP contribution in [0.3, 0.4) is 0 Å². The van der Waals surface area contributed by atoms with Gasteiger partial charge in [-0.3, -0.25) is 0 Å². The van der Waals surface area contributed by atoms with Crippen LogP contribution in [0.5, 0.6) is 11.5 Å². The first-order valence-corrected chi connectivity index (χ1v) is 8.13. The number of aromatic hydroxyl groups is 1. The molecule has 0 aromatic heterocycles. The Hall–Kier alpha value is -1.18. The molecule has 0 aliphatic heterocycles. The van der Waals surface area contributed by atoms with Crippen molar-refractivity contribution in [2.24, 2.45) is 4.99 Å². The second-order valence-electron chi connectivity index (χ2n) is 5.68. The van der Waals surface area contributed by atoms with Gasteiger partial charge in [0.1, 0.15) is 0 Å². The molecule has 3 N–H and O–H groups in total. The number of hydrogen-bond acceptors (Lipinski definition) is 3. The maximum Gasteiger partial charge on any atom is 0.191 e. The van der Waals surface area contributed by atoms with Crippen molar-refractivity contribution >= 4 is 29.9 Å². The number of halogens is 1. The Labute approximate surface area is 155 Å². The maximum atomic E-state index is 9.82. The number of hydrogen-bond donors (Lipinski definition) is 3. The molecule has 1 aromatic rings. The van der Waals surface area contributed by atoms with E-state index in [1.165, 1.54) is 32.1 Å². The van der Waals surface area contributed by atoms with Crippen LogP contribution in [0.1, 0.15) is 44.6 Å². The van der Waals surface area contributed by atoms with Crippen molar-refractivity contribution in [2.75, 3.05) is 13.7 Å². The molecule has 1 aromatic carbocycles. The summed E-state index contributed by atoms with van der Waals surface area (Å²) < 4.78 is 5.05. The van der Waals surface area contributed by atoms with Gasteiger partial charge < -0.3 is 20.5 Å². The first kappa shape index (κ1) is 19.9. The summed E-state index contributed by atoms with van der Waals surface area (Å²) in [6, 6.07) is 5.91. The van der Waals surface area contributed by atoms with Gasteiger partial charge in [-0.15, -0.1) is 24.0 Å². The average Bonchev–Trinajstić information content (AvgIpc) is 2.54. The minimum absolute atomic E-state index is 0. The number of ether oxygens (including phenoxy) is 1. The fourth-order valence-corrected chi connectivity index (χ4v) is 2.76. The van der Waals surface area contributed by atoms with E-state index in [1.807, 2.05) is 6.07 Å². The third kappa shape index (κ3) is 6.45. The summed E-state index contributed by atoms with van der Waals surface area (Å²) in [6.07, 6.45) is 6.37. The van der Waals surface area contributed by atoms with Crippen molar-refractivity contribution in [3.63, 3.8) is 0 Å². The number of aliphatic imine (C=N–C) groups is 1. The number of benzene rings is 1. The van der Waals surface area contributed by atoms with Gasteiger partial charge in [0.05, 0.1) is 13.7 Å². The second kappa shape index (κ2) is 10.6. The Morgan fingerprint density at radius 2 is 2.04 bits per heavy atom. The summed E-state index contributed by atoms with van der Waals surface area (Å²) in [5, 5.41) is 16.6. The van der Waals surface area contributed by atoms with Gasteiger partial charge in [-0.1, -0.05) is 25.3 Å². The van der Waals surface area contributed by atoms with Crippen LogP contribution in [0, 0.1) is 0 Å². The molecule has 0 bridgehead atoms. The predicted octanol–water partition coefficient (Wildman–Crippen LogP) is 3.41. The Kier molecular flexibility index (Phi) is 9.13. The zero-order chi connectivity index (χ0) is 15.8. The summed E-state index contributed by atoms with van der Waals surface area (Å²) >= 11 is 0. The monoisotopic (exact) mass is 433 g/mol. The van der Waals surface area contributed by atoms with Crippen molar-refractivity contribution in [3.05, 3.63) is 23.8 Å². The van der Waals surface area contributed by atoms with E-state index in [-0.39, 0.29) is 29.7 Å². The molecule has 0 unspecified atom stereocenters. The van der Waals surface area contributed by atoms with E-state index >= 15 is 0 Å².